The van der Waals surface area contributed by atoms with Crippen molar-refractivity contribution in [3.8, 4) is 22.8 Å². The molecule has 11 heteroatoms. The summed E-state index contributed by atoms with van der Waals surface area (Å²) in [4.78, 5) is 18.3. The van der Waals surface area contributed by atoms with Gasteiger partial charge in [0, 0.05) is 37.2 Å². The van der Waals surface area contributed by atoms with Crippen LogP contribution in [0.3, 0.4) is 0 Å². The van der Waals surface area contributed by atoms with Crippen LogP contribution in [-0.4, -0.2) is 50.0 Å². The largest absolute Gasteiger partial charge is 0.435 e. The molecule has 2 heterocycles. The number of hydrogen-bond donors (Lipinski definition) is 0. The van der Waals surface area contributed by atoms with Gasteiger partial charge in [0.05, 0.1) is 5.75 Å². The molecule has 0 fully saturated rings. The van der Waals surface area contributed by atoms with Crippen molar-refractivity contribution < 1.29 is 22.7 Å². The van der Waals surface area contributed by atoms with E-state index in [1.54, 1.807) is 60.4 Å². The normalized spacial score (nSPS) is 11.0. The molecule has 0 aliphatic heterocycles. The molecule has 4 aromatic rings. The van der Waals surface area contributed by atoms with E-state index < -0.39 is 6.61 Å². The molecule has 0 saturated heterocycles. The van der Waals surface area contributed by atoms with Gasteiger partial charge in [0.15, 0.2) is 11.0 Å². The van der Waals surface area contributed by atoms with Crippen molar-refractivity contribution in [2.75, 3.05) is 12.8 Å². The second kappa shape index (κ2) is 11.0. The Bertz CT molecular complexity index is 1270. The van der Waals surface area contributed by atoms with Gasteiger partial charge in [-0.3, -0.25) is 14.3 Å². The zero-order valence-corrected chi connectivity index (χ0v) is 19.3. The minimum Gasteiger partial charge on any atom is -0.435 e. The number of halogens is 3. The molecule has 1 amide bonds. The minimum absolute atomic E-state index is 0.0541. The maximum atomic E-state index is 13.5. The second-order valence-corrected chi connectivity index (χ2v) is 8.36. The number of pyridine rings is 1. The van der Waals surface area contributed by atoms with E-state index in [0.29, 0.717) is 23.2 Å². The van der Waals surface area contributed by atoms with Gasteiger partial charge in [-0.2, -0.15) is 8.78 Å². The van der Waals surface area contributed by atoms with Crippen LogP contribution in [0.4, 0.5) is 13.2 Å². The lowest BCUT2D eigenvalue weighted by Gasteiger charge is -2.17. The molecule has 2 aromatic heterocycles. The smallest absolute Gasteiger partial charge is 0.387 e. The first-order chi connectivity index (χ1) is 16.9. The number of hydrogen-bond acceptors (Lipinski definition) is 6. The van der Waals surface area contributed by atoms with Crippen molar-refractivity contribution in [2.45, 2.75) is 18.3 Å². The van der Waals surface area contributed by atoms with Crippen LogP contribution in [0.25, 0.3) is 17.1 Å². The van der Waals surface area contributed by atoms with E-state index in [1.807, 2.05) is 0 Å². The van der Waals surface area contributed by atoms with Gasteiger partial charge in [-0.1, -0.05) is 23.9 Å². The summed E-state index contributed by atoms with van der Waals surface area (Å²) in [6.07, 6.45) is 3.27. The van der Waals surface area contributed by atoms with Gasteiger partial charge in [0.25, 0.3) is 0 Å². The number of carbonyl (C=O) groups is 1. The Labute approximate surface area is 203 Å². The Hall–Kier alpha value is -3.86. The van der Waals surface area contributed by atoms with Gasteiger partial charge in [-0.05, 0) is 54.1 Å². The van der Waals surface area contributed by atoms with Crippen LogP contribution < -0.4 is 4.74 Å². The fourth-order valence-corrected chi connectivity index (χ4v) is 4.14. The first kappa shape index (κ1) is 24.3. The molecule has 0 N–H and O–H groups in total. The lowest BCUT2D eigenvalue weighted by Crippen LogP contribution is -2.27. The van der Waals surface area contributed by atoms with Gasteiger partial charge >= 0.3 is 6.61 Å². The third-order valence-electron chi connectivity index (χ3n) is 4.98. The zero-order chi connectivity index (χ0) is 24.8. The van der Waals surface area contributed by atoms with E-state index in [1.165, 1.54) is 40.9 Å². The van der Waals surface area contributed by atoms with Crippen LogP contribution in [-0.2, 0) is 11.3 Å². The molecule has 0 unspecified atom stereocenters. The first-order valence-electron chi connectivity index (χ1n) is 10.4. The molecule has 0 bridgehead atoms. The van der Waals surface area contributed by atoms with Crippen LogP contribution in [0, 0.1) is 5.82 Å². The molecule has 0 radical (unpaired) electrons. The second-order valence-electron chi connectivity index (χ2n) is 7.41. The number of alkyl halides is 2. The molecule has 7 nitrogen and oxygen atoms in total. The van der Waals surface area contributed by atoms with Crippen LogP contribution in [0.2, 0.25) is 0 Å². The number of amides is 1. The molecule has 0 aliphatic carbocycles. The number of ether oxygens (including phenoxy) is 1. The Morgan fingerprint density at radius 3 is 2.37 bits per heavy atom. The van der Waals surface area contributed by atoms with Crippen LogP contribution >= 0.6 is 11.8 Å². The van der Waals surface area contributed by atoms with Crippen molar-refractivity contribution in [2.24, 2.45) is 0 Å². The van der Waals surface area contributed by atoms with Gasteiger partial charge in [0.1, 0.15) is 11.6 Å². The Morgan fingerprint density at radius 2 is 1.71 bits per heavy atom. The van der Waals surface area contributed by atoms with Crippen molar-refractivity contribution in [3.05, 3.63) is 84.4 Å². The highest BCUT2D eigenvalue weighted by Gasteiger charge is 2.19. The number of thioether (sulfide) groups is 1. The summed E-state index contributed by atoms with van der Waals surface area (Å²) in [7, 11) is 1.65. The third kappa shape index (κ3) is 6.18. The Balaban J connectivity index is 1.47. The zero-order valence-electron chi connectivity index (χ0n) is 18.5. The average Bonchev–Trinajstić information content (AvgIpc) is 3.28. The summed E-state index contributed by atoms with van der Waals surface area (Å²) in [5, 5.41) is 9.01. The maximum Gasteiger partial charge on any atom is 0.387 e. The molecule has 180 valence electrons. The van der Waals surface area contributed by atoms with E-state index in [2.05, 4.69) is 19.9 Å². The third-order valence-corrected chi connectivity index (χ3v) is 5.89. The standard InChI is InChI=1S/C24H20F3N5O2S/c1-31(14-16-2-8-20(9-3-16)34-23(26)27)21(33)15-35-24-30-29-22(17-10-12-28-13-11-17)32(24)19-6-4-18(25)5-7-19/h2-13,23H,14-15H2,1H3. The van der Waals surface area contributed by atoms with Gasteiger partial charge in [0.2, 0.25) is 5.91 Å². The number of carbonyl (C=O) groups excluding carboxylic acids is 1. The predicted octanol–water partition coefficient (Wildman–Crippen LogP) is 4.82. The summed E-state index contributed by atoms with van der Waals surface area (Å²) in [6, 6.07) is 15.6. The average molecular weight is 500 g/mol. The monoisotopic (exact) mass is 499 g/mol. The lowest BCUT2D eigenvalue weighted by molar-refractivity contribution is -0.127. The minimum atomic E-state index is -2.89. The summed E-state index contributed by atoms with van der Waals surface area (Å²) < 4.78 is 44.2. The number of nitrogens with zero attached hydrogens (tertiary/aromatic N) is 5. The van der Waals surface area contributed by atoms with Crippen molar-refractivity contribution >= 4 is 17.7 Å². The fourth-order valence-electron chi connectivity index (χ4n) is 3.25. The maximum absolute atomic E-state index is 13.5. The summed E-state index contributed by atoms with van der Waals surface area (Å²) in [5.41, 5.74) is 2.19. The molecule has 35 heavy (non-hydrogen) atoms. The van der Waals surface area contributed by atoms with Crippen LogP contribution in [0.5, 0.6) is 5.75 Å². The highest BCUT2D eigenvalue weighted by Crippen LogP contribution is 2.28. The molecular formula is C24H20F3N5O2S. The van der Waals surface area contributed by atoms with Crippen molar-refractivity contribution in [3.63, 3.8) is 0 Å². The van der Waals surface area contributed by atoms with E-state index in [-0.39, 0.29) is 23.2 Å². The van der Waals surface area contributed by atoms with Crippen molar-refractivity contribution in [1.29, 1.82) is 0 Å². The first-order valence-corrected chi connectivity index (χ1v) is 11.4. The molecule has 2 aromatic carbocycles. The molecule has 0 spiro atoms. The number of benzene rings is 2. The van der Waals surface area contributed by atoms with Crippen LogP contribution in [0.1, 0.15) is 5.56 Å². The summed E-state index contributed by atoms with van der Waals surface area (Å²) in [5.74, 6) is 0.139. The molecule has 0 saturated carbocycles. The lowest BCUT2D eigenvalue weighted by atomic mass is 10.2. The number of rotatable bonds is 9. The molecule has 0 atom stereocenters. The number of aromatic nitrogens is 4. The molecular weight excluding hydrogens is 479 g/mol. The molecule has 0 aliphatic rings. The van der Waals surface area contributed by atoms with E-state index in [9.17, 15) is 18.0 Å². The van der Waals surface area contributed by atoms with Gasteiger partial charge < -0.3 is 9.64 Å². The fraction of sp³-hybridized carbons (Fsp3) is 0.167. The topological polar surface area (TPSA) is 73.1 Å². The Morgan fingerprint density at radius 1 is 1.03 bits per heavy atom. The van der Waals surface area contributed by atoms with Gasteiger partial charge in [-0.15, -0.1) is 10.2 Å². The SMILES string of the molecule is CN(Cc1ccc(OC(F)F)cc1)C(=O)CSc1nnc(-c2ccncc2)n1-c1ccc(F)cc1. The summed E-state index contributed by atoms with van der Waals surface area (Å²) in [6.45, 7) is -2.60. The highest BCUT2D eigenvalue weighted by molar-refractivity contribution is 7.99. The predicted molar refractivity (Wildman–Crippen MR) is 125 cm³/mol. The van der Waals surface area contributed by atoms with E-state index in [4.69, 9.17) is 0 Å². The molecule has 4 rings (SSSR count). The van der Waals surface area contributed by atoms with E-state index >= 15 is 0 Å². The summed E-state index contributed by atoms with van der Waals surface area (Å²) >= 11 is 1.20. The highest BCUT2D eigenvalue weighted by atomic mass is 32.2. The quantitative estimate of drug-likeness (QED) is 0.308. The van der Waals surface area contributed by atoms with Crippen LogP contribution in [0.15, 0.2) is 78.2 Å². The Kier molecular flexibility index (Phi) is 7.66. The van der Waals surface area contributed by atoms with Crippen molar-refractivity contribution in [1.82, 2.24) is 24.6 Å². The van der Waals surface area contributed by atoms with E-state index in [0.717, 1.165) is 11.1 Å². The van der Waals surface area contributed by atoms with Gasteiger partial charge in [-0.25, -0.2) is 4.39 Å².